The van der Waals surface area contributed by atoms with Crippen molar-refractivity contribution in [3.05, 3.63) is 17.3 Å². The molecule has 0 aliphatic rings. The third-order valence-corrected chi connectivity index (χ3v) is 2.32. The maximum absolute atomic E-state index is 12.9. The number of pyridine rings is 1. The fourth-order valence-corrected chi connectivity index (χ4v) is 1.53. The molecule has 10 heteroatoms. The lowest BCUT2D eigenvalue weighted by atomic mass is 10.2. The fraction of sp³-hybridized carbons (Fsp3) is 0.462. The minimum Gasteiger partial charge on any atom is -0.481 e. The van der Waals surface area contributed by atoms with E-state index >= 15 is 0 Å². The molecule has 1 rings (SSSR count). The van der Waals surface area contributed by atoms with Crippen LogP contribution < -0.4 is 10.1 Å². The summed E-state index contributed by atoms with van der Waals surface area (Å²) in [6.45, 7) is 4.62. The van der Waals surface area contributed by atoms with Crippen LogP contribution in [0.15, 0.2) is 6.07 Å². The number of aromatic carboxylic acids is 1. The fourth-order valence-electron chi connectivity index (χ4n) is 1.53. The summed E-state index contributed by atoms with van der Waals surface area (Å²) in [7, 11) is 0.921. The number of hydrogen-bond acceptors (Lipinski definition) is 5. The monoisotopic (exact) mass is 336 g/mol. The van der Waals surface area contributed by atoms with Gasteiger partial charge in [0.2, 0.25) is 5.88 Å². The number of alkyl halides is 3. The number of halogens is 3. The maximum Gasteiger partial charge on any atom is 0.421 e. The normalized spacial score (nSPS) is 11.8. The quantitative estimate of drug-likeness (QED) is 0.880. The van der Waals surface area contributed by atoms with E-state index in [1.165, 1.54) is 20.8 Å². The molecule has 0 fully saturated rings. The van der Waals surface area contributed by atoms with Crippen molar-refractivity contribution in [2.75, 3.05) is 12.4 Å². The van der Waals surface area contributed by atoms with Crippen LogP contribution in [0.25, 0.3) is 0 Å². The van der Waals surface area contributed by atoms with Gasteiger partial charge in [-0.25, -0.2) is 14.6 Å². The summed E-state index contributed by atoms with van der Waals surface area (Å²) in [5, 5.41) is 11.0. The number of ether oxygens (including phenoxy) is 2. The number of carbonyl (C=O) groups is 2. The first-order valence-corrected chi connectivity index (χ1v) is 6.24. The molecule has 0 aliphatic heterocycles. The van der Waals surface area contributed by atoms with Crippen LogP contribution >= 0.6 is 0 Å². The molecule has 0 aliphatic carbocycles. The topological polar surface area (TPSA) is 97.8 Å². The first-order valence-electron chi connectivity index (χ1n) is 6.24. The smallest absolute Gasteiger partial charge is 0.421 e. The van der Waals surface area contributed by atoms with Gasteiger partial charge in [-0.1, -0.05) is 0 Å². The summed E-state index contributed by atoms with van der Waals surface area (Å²) >= 11 is 0. The first-order chi connectivity index (χ1) is 10.3. The minimum atomic E-state index is -4.85. The molecule has 7 nitrogen and oxygen atoms in total. The highest BCUT2D eigenvalue weighted by Gasteiger charge is 2.37. The van der Waals surface area contributed by atoms with Gasteiger partial charge in [-0.05, 0) is 26.8 Å². The van der Waals surface area contributed by atoms with Crippen LogP contribution in [0.4, 0.5) is 23.7 Å². The molecule has 128 valence electrons. The zero-order valence-corrected chi connectivity index (χ0v) is 12.7. The second-order valence-electron chi connectivity index (χ2n) is 5.37. The van der Waals surface area contributed by atoms with Gasteiger partial charge in [0.05, 0.1) is 12.8 Å². The van der Waals surface area contributed by atoms with Gasteiger partial charge >= 0.3 is 18.2 Å². The molecule has 0 saturated carbocycles. The Bertz CT molecular complexity index is 623. The Morgan fingerprint density at radius 1 is 1.26 bits per heavy atom. The van der Waals surface area contributed by atoms with Gasteiger partial charge in [-0.2, -0.15) is 13.2 Å². The number of carboxylic acid groups (broad SMARTS) is 1. The average Bonchev–Trinajstić information content (AvgIpc) is 2.34. The number of hydrogen-bond donors (Lipinski definition) is 2. The Morgan fingerprint density at radius 2 is 1.83 bits per heavy atom. The van der Waals surface area contributed by atoms with Gasteiger partial charge < -0.3 is 14.6 Å². The molecule has 1 amide bonds. The number of anilines is 1. The molecule has 0 saturated heterocycles. The van der Waals surface area contributed by atoms with E-state index in [1.807, 2.05) is 5.32 Å². The van der Waals surface area contributed by atoms with E-state index in [0.717, 1.165) is 7.11 Å². The van der Waals surface area contributed by atoms with Crippen molar-refractivity contribution in [3.8, 4) is 5.88 Å². The van der Waals surface area contributed by atoms with Crippen molar-refractivity contribution in [2.45, 2.75) is 32.5 Å². The molecule has 0 spiro atoms. The molecule has 0 unspecified atom stereocenters. The van der Waals surface area contributed by atoms with Gasteiger partial charge in [0, 0.05) is 0 Å². The SMILES string of the molecule is COc1nc(C(=O)O)c(NC(=O)OC(C)(C)C)cc1C(F)(F)F. The van der Waals surface area contributed by atoms with Gasteiger partial charge in [-0.3, -0.25) is 5.32 Å². The summed E-state index contributed by atoms with van der Waals surface area (Å²) in [5.74, 6) is -2.55. The second kappa shape index (κ2) is 6.31. The number of nitrogens with one attached hydrogen (secondary N) is 1. The standard InChI is InChI=1S/C13H15F3N2O5/c1-12(2,3)23-11(21)17-7-5-6(13(14,15)16)9(22-4)18-8(7)10(19)20/h5H,1-4H3,(H,17,21)(H,19,20). The van der Waals surface area contributed by atoms with Gasteiger partial charge in [0.25, 0.3) is 0 Å². The number of aromatic nitrogens is 1. The van der Waals surface area contributed by atoms with Crippen LogP contribution in [-0.4, -0.2) is 34.9 Å². The maximum atomic E-state index is 12.9. The van der Waals surface area contributed by atoms with Crippen molar-refractivity contribution in [1.82, 2.24) is 4.98 Å². The van der Waals surface area contributed by atoms with Gasteiger partial charge in [0.15, 0.2) is 5.69 Å². The Balaban J connectivity index is 3.34. The Morgan fingerprint density at radius 3 is 2.22 bits per heavy atom. The zero-order chi connectivity index (χ0) is 18.0. The molecular formula is C13H15F3N2O5. The molecule has 0 atom stereocenters. The second-order valence-corrected chi connectivity index (χ2v) is 5.37. The van der Waals surface area contributed by atoms with Crippen molar-refractivity contribution in [2.24, 2.45) is 0 Å². The molecular weight excluding hydrogens is 321 g/mol. The summed E-state index contributed by atoms with van der Waals surface area (Å²) in [6.07, 6.45) is -5.96. The van der Waals surface area contributed by atoms with Gasteiger partial charge in [-0.15, -0.1) is 0 Å². The van der Waals surface area contributed by atoms with E-state index < -0.39 is 46.7 Å². The molecule has 1 heterocycles. The summed E-state index contributed by atoms with van der Waals surface area (Å²) in [5.41, 5.74) is -3.70. The van der Waals surface area contributed by atoms with E-state index in [0.29, 0.717) is 6.07 Å². The number of rotatable bonds is 3. The minimum absolute atomic E-state index is 0.430. The summed E-state index contributed by atoms with van der Waals surface area (Å²) < 4.78 is 48.2. The number of carboxylic acids is 1. The summed E-state index contributed by atoms with van der Waals surface area (Å²) in [4.78, 5) is 26.1. The highest BCUT2D eigenvalue weighted by molar-refractivity contribution is 5.97. The van der Waals surface area contributed by atoms with Crippen LogP contribution in [0, 0.1) is 0 Å². The number of nitrogens with zero attached hydrogens (tertiary/aromatic N) is 1. The first kappa shape index (κ1) is 18.5. The summed E-state index contributed by atoms with van der Waals surface area (Å²) in [6, 6.07) is 0.430. The van der Waals surface area contributed by atoms with Crippen LogP contribution in [0.5, 0.6) is 5.88 Å². The predicted octanol–water partition coefficient (Wildman–Crippen LogP) is 3.15. The lowest BCUT2D eigenvalue weighted by Gasteiger charge is -2.20. The Hall–Kier alpha value is -2.52. The third kappa shape index (κ3) is 5.01. The molecule has 0 radical (unpaired) electrons. The van der Waals surface area contributed by atoms with Crippen molar-refractivity contribution >= 4 is 17.7 Å². The van der Waals surface area contributed by atoms with E-state index in [1.54, 1.807) is 0 Å². The molecule has 0 bridgehead atoms. The zero-order valence-electron chi connectivity index (χ0n) is 12.7. The highest BCUT2D eigenvalue weighted by Crippen LogP contribution is 2.37. The Labute approximate surface area is 129 Å². The predicted molar refractivity (Wildman–Crippen MR) is 72.6 cm³/mol. The number of carbonyl (C=O) groups excluding carboxylic acids is 1. The van der Waals surface area contributed by atoms with E-state index in [9.17, 15) is 22.8 Å². The van der Waals surface area contributed by atoms with Crippen LogP contribution in [-0.2, 0) is 10.9 Å². The molecule has 1 aromatic heterocycles. The average molecular weight is 336 g/mol. The number of methoxy groups -OCH3 is 1. The molecule has 1 aromatic rings. The van der Waals surface area contributed by atoms with Gasteiger partial charge in [0.1, 0.15) is 11.2 Å². The van der Waals surface area contributed by atoms with Crippen molar-refractivity contribution < 1.29 is 37.3 Å². The lowest BCUT2D eigenvalue weighted by molar-refractivity contribution is -0.139. The Kier molecular flexibility index (Phi) is 5.08. The molecule has 23 heavy (non-hydrogen) atoms. The number of amides is 1. The van der Waals surface area contributed by atoms with Crippen LogP contribution in [0.1, 0.15) is 36.8 Å². The van der Waals surface area contributed by atoms with Crippen molar-refractivity contribution in [3.63, 3.8) is 0 Å². The van der Waals surface area contributed by atoms with E-state index in [-0.39, 0.29) is 0 Å². The molecule has 0 aromatic carbocycles. The largest absolute Gasteiger partial charge is 0.481 e. The van der Waals surface area contributed by atoms with Crippen LogP contribution in [0.3, 0.4) is 0 Å². The van der Waals surface area contributed by atoms with E-state index in [2.05, 4.69) is 9.72 Å². The van der Waals surface area contributed by atoms with E-state index in [4.69, 9.17) is 9.84 Å². The third-order valence-electron chi connectivity index (χ3n) is 2.32. The van der Waals surface area contributed by atoms with Crippen LogP contribution in [0.2, 0.25) is 0 Å². The highest BCUT2D eigenvalue weighted by atomic mass is 19.4. The lowest BCUT2D eigenvalue weighted by Crippen LogP contribution is -2.28. The van der Waals surface area contributed by atoms with Crippen molar-refractivity contribution in [1.29, 1.82) is 0 Å². The molecule has 2 N–H and O–H groups in total.